The third-order valence-corrected chi connectivity index (χ3v) is 4.03. The molecule has 0 aliphatic heterocycles. The van der Waals surface area contributed by atoms with Gasteiger partial charge < -0.3 is 21.1 Å². The number of halogens is 1. The molecule has 0 aromatic heterocycles. The van der Waals surface area contributed by atoms with Crippen molar-refractivity contribution in [3.63, 3.8) is 0 Å². The van der Waals surface area contributed by atoms with Gasteiger partial charge in [0, 0.05) is 10.7 Å². The molecule has 2 atom stereocenters. The van der Waals surface area contributed by atoms with Crippen molar-refractivity contribution < 1.29 is 19.1 Å². The van der Waals surface area contributed by atoms with Gasteiger partial charge in [0.2, 0.25) is 0 Å². The van der Waals surface area contributed by atoms with Crippen LogP contribution in [0.2, 0.25) is 5.02 Å². The number of anilines is 1. The minimum Gasteiger partial charge on any atom is -0.452 e. The fraction of sp³-hybridized carbons (Fsp3) is 0.211. The Labute approximate surface area is 161 Å². The number of urea groups is 1. The van der Waals surface area contributed by atoms with E-state index in [4.69, 9.17) is 22.1 Å². The van der Waals surface area contributed by atoms with Crippen molar-refractivity contribution in [3.05, 3.63) is 65.2 Å². The number of carbonyl (C=O) groups is 3. The lowest BCUT2D eigenvalue weighted by atomic mass is 10.0. The first-order chi connectivity index (χ1) is 12.9. The van der Waals surface area contributed by atoms with Gasteiger partial charge in [-0.25, -0.2) is 4.79 Å². The van der Waals surface area contributed by atoms with Gasteiger partial charge in [0.1, 0.15) is 0 Å². The molecule has 2 rings (SSSR count). The molecule has 2 aromatic rings. The second kappa shape index (κ2) is 9.59. The molecule has 0 fully saturated rings. The predicted molar refractivity (Wildman–Crippen MR) is 102 cm³/mol. The van der Waals surface area contributed by atoms with Gasteiger partial charge in [-0.2, -0.15) is 0 Å². The smallest absolute Gasteiger partial charge is 0.312 e. The maximum atomic E-state index is 12.2. The van der Waals surface area contributed by atoms with Crippen molar-refractivity contribution in [1.29, 1.82) is 0 Å². The molecule has 2 aromatic carbocycles. The summed E-state index contributed by atoms with van der Waals surface area (Å²) in [5.41, 5.74) is 6.30. The van der Waals surface area contributed by atoms with Crippen LogP contribution in [0.3, 0.4) is 0 Å². The second-order valence-electron chi connectivity index (χ2n) is 5.77. The van der Waals surface area contributed by atoms with E-state index in [2.05, 4.69) is 10.6 Å². The molecule has 142 valence electrons. The van der Waals surface area contributed by atoms with Crippen LogP contribution < -0.4 is 16.4 Å². The van der Waals surface area contributed by atoms with Crippen molar-refractivity contribution in [2.45, 2.75) is 25.5 Å². The number of benzene rings is 2. The van der Waals surface area contributed by atoms with Crippen molar-refractivity contribution in [3.8, 4) is 0 Å². The number of amides is 3. The van der Waals surface area contributed by atoms with E-state index < -0.39 is 30.1 Å². The zero-order chi connectivity index (χ0) is 19.8. The highest BCUT2D eigenvalue weighted by Gasteiger charge is 2.24. The summed E-state index contributed by atoms with van der Waals surface area (Å²) in [4.78, 5) is 35.6. The molecule has 4 N–H and O–H groups in total. The molecule has 3 amide bonds. The number of esters is 1. The average molecular weight is 390 g/mol. The Morgan fingerprint density at radius 3 is 2.33 bits per heavy atom. The largest absolute Gasteiger partial charge is 0.452 e. The highest BCUT2D eigenvalue weighted by Crippen LogP contribution is 2.25. The van der Waals surface area contributed by atoms with Gasteiger partial charge in [0.25, 0.3) is 5.91 Å². The van der Waals surface area contributed by atoms with E-state index in [0.717, 1.165) is 0 Å². The Hall–Kier alpha value is -3.06. The van der Waals surface area contributed by atoms with Crippen LogP contribution in [0.5, 0.6) is 0 Å². The van der Waals surface area contributed by atoms with Crippen molar-refractivity contribution in [1.82, 2.24) is 5.32 Å². The Kier molecular flexibility index (Phi) is 7.19. The van der Waals surface area contributed by atoms with Crippen LogP contribution in [0.15, 0.2) is 54.6 Å². The summed E-state index contributed by atoms with van der Waals surface area (Å²) in [5.74, 6) is -1.14. The number of carbonyl (C=O) groups excluding carboxylic acids is 3. The zero-order valence-corrected chi connectivity index (χ0v) is 15.4. The molecule has 0 saturated carbocycles. The monoisotopic (exact) mass is 389 g/mol. The van der Waals surface area contributed by atoms with E-state index in [1.807, 2.05) is 6.07 Å². The molecular formula is C19H20ClN3O4. The maximum Gasteiger partial charge on any atom is 0.312 e. The minimum atomic E-state index is -1.02. The van der Waals surface area contributed by atoms with Crippen LogP contribution in [0.1, 0.15) is 24.9 Å². The van der Waals surface area contributed by atoms with Gasteiger partial charge in [-0.05, 0) is 30.7 Å². The van der Waals surface area contributed by atoms with E-state index in [0.29, 0.717) is 16.3 Å². The third-order valence-electron chi connectivity index (χ3n) is 3.69. The van der Waals surface area contributed by atoms with Gasteiger partial charge >= 0.3 is 12.0 Å². The van der Waals surface area contributed by atoms with Crippen molar-refractivity contribution in [2.24, 2.45) is 5.73 Å². The van der Waals surface area contributed by atoms with E-state index in [1.54, 1.807) is 48.5 Å². The molecule has 0 aliphatic carbocycles. The first-order valence-electron chi connectivity index (χ1n) is 8.22. The fourth-order valence-corrected chi connectivity index (χ4v) is 2.67. The molecule has 0 saturated heterocycles. The van der Waals surface area contributed by atoms with Crippen molar-refractivity contribution >= 4 is 35.2 Å². The first kappa shape index (κ1) is 20.3. The molecule has 0 unspecified atom stereocenters. The molecule has 27 heavy (non-hydrogen) atoms. The molecular weight excluding hydrogens is 370 g/mol. The van der Waals surface area contributed by atoms with Crippen LogP contribution in [0.4, 0.5) is 10.5 Å². The number of primary amides is 1. The Balaban J connectivity index is 1.99. The Morgan fingerprint density at radius 1 is 1.07 bits per heavy atom. The third kappa shape index (κ3) is 6.31. The maximum absolute atomic E-state index is 12.2. The van der Waals surface area contributed by atoms with E-state index >= 15 is 0 Å². The van der Waals surface area contributed by atoms with Gasteiger partial charge in [-0.1, -0.05) is 48.0 Å². The number of hydrogen-bond donors (Lipinski definition) is 3. The highest BCUT2D eigenvalue weighted by atomic mass is 35.5. The number of hydrogen-bond acceptors (Lipinski definition) is 4. The predicted octanol–water partition coefficient (Wildman–Crippen LogP) is 3.01. The fourth-order valence-electron chi connectivity index (χ4n) is 2.40. The minimum absolute atomic E-state index is 0.227. The Morgan fingerprint density at radius 2 is 1.70 bits per heavy atom. The van der Waals surface area contributed by atoms with Crippen LogP contribution in [0, 0.1) is 0 Å². The van der Waals surface area contributed by atoms with Gasteiger partial charge in [0.05, 0.1) is 12.5 Å². The quantitative estimate of drug-likeness (QED) is 0.632. The van der Waals surface area contributed by atoms with Gasteiger partial charge in [0.15, 0.2) is 6.10 Å². The van der Waals surface area contributed by atoms with Gasteiger partial charge in [-0.15, -0.1) is 0 Å². The summed E-state index contributed by atoms with van der Waals surface area (Å²) in [5, 5.41) is 5.48. The lowest BCUT2D eigenvalue weighted by Crippen LogP contribution is -2.36. The number of rotatable bonds is 7. The number of para-hydroxylation sites is 1. The molecule has 0 radical (unpaired) electrons. The normalized spacial score (nSPS) is 12.5. The van der Waals surface area contributed by atoms with E-state index in [9.17, 15) is 14.4 Å². The summed E-state index contributed by atoms with van der Waals surface area (Å²) in [6.45, 7) is 1.46. The summed E-state index contributed by atoms with van der Waals surface area (Å²) in [6, 6.07) is 14.0. The number of ether oxygens (including phenoxy) is 1. The van der Waals surface area contributed by atoms with Crippen molar-refractivity contribution in [2.75, 3.05) is 5.32 Å². The second-order valence-corrected chi connectivity index (χ2v) is 6.18. The SMILES string of the molecule is C[C@H](OC(=O)C[C@@H](NC(N)=O)c1ccccc1Cl)C(=O)Nc1ccccc1. The highest BCUT2D eigenvalue weighted by molar-refractivity contribution is 6.31. The van der Waals surface area contributed by atoms with E-state index in [-0.39, 0.29) is 6.42 Å². The summed E-state index contributed by atoms with van der Waals surface area (Å²) in [7, 11) is 0. The van der Waals surface area contributed by atoms with Crippen LogP contribution in [0.25, 0.3) is 0 Å². The molecule has 8 heteroatoms. The molecule has 0 heterocycles. The summed E-state index contributed by atoms with van der Waals surface area (Å²) < 4.78 is 5.17. The topological polar surface area (TPSA) is 111 Å². The molecule has 7 nitrogen and oxygen atoms in total. The number of nitrogens with one attached hydrogen (secondary N) is 2. The molecule has 0 spiro atoms. The molecule has 0 aliphatic rings. The lowest BCUT2D eigenvalue weighted by molar-refractivity contribution is -0.153. The average Bonchev–Trinajstić information content (AvgIpc) is 2.62. The van der Waals surface area contributed by atoms with E-state index in [1.165, 1.54) is 6.92 Å². The Bertz CT molecular complexity index is 814. The summed E-state index contributed by atoms with van der Waals surface area (Å²) >= 11 is 6.12. The van der Waals surface area contributed by atoms with Crippen LogP contribution >= 0.6 is 11.6 Å². The van der Waals surface area contributed by atoms with Gasteiger partial charge in [-0.3, -0.25) is 9.59 Å². The van der Waals surface area contributed by atoms with Crippen LogP contribution in [-0.2, 0) is 14.3 Å². The molecule has 0 bridgehead atoms. The van der Waals surface area contributed by atoms with Crippen LogP contribution in [-0.4, -0.2) is 24.0 Å². The number of nitrogens with two attached hydrogens (primary N) is 1. The lowest BCUT2D eigenvalue weighted by Gasteiger charge is -2.20. The summed E-state index contributed by atoms with van der Waals surface area (Å²) in [6.07, 6.45) is -1.24. The first-order valence-corrected chi connectivity index (χ1v) is 8.60. The zero-order valence-electron chi connectivity index (χ0n) is 14.6. The standard InChI is InChI=1S/C19H20ClN3O4/c1-12(18(25)22-13-7-3-2-4-8-13)27-17(24)11-16(23-19(21)26)14-9-5-6-10-15(14)20/h2-10,12,16H,11H2,1H3,(H,22,25)(H3,21,23,26)/t12-,16+/m0/s1.